The van der Waals surface area contributed by atoms with E-state index in [4.69, 9.17) is 10.5 Å². The van der Waals surface area contributed by atoms with Crippen molar-refractivity contribution >= 4 is 17.8 Å². The smallest absolute Gasteiger partial charge is 0.255 e. The number of carbonyl (C=O) groups excluding carboxylic acids is 2. The first-order valence-electron chi connectivity index (χ1n) is 9.34. The fourth-order valence-corrected chi connectivity index (χ4v) is 2.90. The van der Waals surface area contributed by atoms with Crippen molar-refractivity contribution in [2.24, 2.45) is 10.7 Å². The lowest BCUT2D eigenvalue weighted by atomic mass is 10.2. The number of nitrogens with two attached hydrogens (primary N) is 1. The van der Waals surface area contributed by atoms with Crippen molar-refractivity contribution in [3.8, 4) is 5.75 Å². The molecule has 0 aliphatic carbocycles. The third-order valence-electron chi connectivity index (χ3n) is 4.23. The minimum atomic E-state index is -0.510. The number of benzene rings is 1. The zero-order valence-electron chi connectivity index (χ0n) is 16.0. The topological polar surface area (TPSA) is 109 Å². The van der Waals surface area contributed by atoms with Crippen LogP contribution in [0.15, 0.2) is 29.3 Å². The fraction of sp³-hybridized carbons (Fsp3) is 0.526. The first-order chi connectivity index (χ1) is 13.0. The summed E-state index contributed by atoms with van der Waals surface area (Å²) in [7, 11) is 0. The Hall–Kier alpha value is -2.77. The molecule has 1 aromatic carbocycles. The summed E-state index contributed by atoms with van der Waals surface area (Å²) in [6.45, 7) is 6.44. The zero-order chi connectivity index (χ0) is 19.6. The molecule has 8 heteroatoms. The van der Waals surface area contributed by atoms with Gasteiger partial charge in [-0.2, -0.15) is 0 Å². The molecule has 8 nitrogen and oxygen atoms in total. The summed E-state index contributed by atoms with van der Waals surface area (Å²) in [6.07, 6.45) is 1.45. The van der Waals surface area contributed by atoms with Crippen molar-refractivity contribution in [1.29, 1.82) is 0 Å². The first-order valence-corrected chi connectivity index (χ1v) is 9.34. The molecule has 1 aromatic rings. The molecule has 1 aliphatic rings. The maximum absolute atomic E-state index is 11.8. The average molecular weight is 375 g/mol. The van der Waals surface area contributed by atoms with Crippen LogP contribution in [0, 0.1) is 0 Å². The van der Waals surface area contributed by atoms with Crippen LogP contribution in [0.4, 0.5) is 0 Å². The number of nitrogens with one attached hydrogen (secondary N) is 2. The molecule has 27 heavy (non-hydrogen) atoms. The number of hydrogen-bond acceptors (Lipinski definition) is 4. The van der Waals surface area contributed by atoms with Crippen molar-refractivity contribution in [2.75, 3.05) is 26.2 Å². The van der Waals surface area contributed by atoms with E-state index in [2.05, 4.69) is 15.6 Å². The second-order valence-corrected chi connectivity index (χ2v) is 6.42. The van der Waals surface area contributed by atoms with E-state index in [1.165, 1.54) is 0 Å². The van der Waals surface area contributed by atoms with Gasteiger partial charge in [0.05, 0.1) is 6.54 Å². The number of guanidine groups is 1. The second kappa shape index (κ2) is 10.4. The van der Waals surface area contributed by atoms with Gasteiger partial charge in [0.25, 0.3) is 5.91 Å². The second-order valence-electron chi connectivity index (χ2n) is 6.42. The Labute approximate surface area is 160 Å². The van der Waals surface area contributed by atoms with Gasteiger partial charge in [-0.25, -0.2) is 4.99 Å². The first kappa shape index (κ1) is 20.5. The van der Waals surface area contributed by atoms with Crippen LogP contribution in [0.1, 0.15) is 32.3 Å². The molecule has 0 saturated carbocycles. The summed E-state index contributed by atoms with van der Waals surface area (Å²) in [5.41, 5.74) is 6.06. The highest BCUT2D eigenvalue weighted by Gasteiger charge is 2.25. The minimum Gasteiger partial charge on any atom is -0.484 e. The number of amides is 2. The largest absolute Gasteiger partial charge is 0.484 e. The highest BCUT2D eigenvalue weighted by molar-refractivity contribution is 5.80. The van der Waals surface area contributed by atoms with Crippen molar-refractivity contribution in [3.05, 3.63) is 29.8 Å². The van der Waals surface area contributed by atoms with Crippen LogP contribution in [-0.2, 0) is 16.1 Å². The highest BCUT2D eigenvalue weighted by atomic mass is 16.5. The number of rotatable bonds is 8. The van der Waals surface area contributed by atoms with Crippen molar-refractivity contribution in [1.82, 2.24) is 15.5 Å². The van der Waals surface area contributed by atoms with Crippen LogP contribution in [0.5, 0.6) is 5.75 Å². The summed E-state index contributed by atoms with van der Waals surface area (Å²) >= 11 is 0. The third-order valence-corrected chi connectivity index (χ3v) is 4.23. The lowest BCUT2D eigenvalue weighted by Crippen LogP contribution is -2.45. The Morgan fingerprint density at radius 2 is 2.19 bits per heavy atom. The Morgan fingerprint density at radius 1 is 1.37 bits per heavy atom. The van der Waals surface area contributed by atoms with Crippen LogP contribution in [0.25, 0.3) is 0 Å². The molecule has 148 valence electrons. The molecular formula is C19H29N5O3. The molecule has 0 bridgehead atoms. The lowest BCUT2D eigenvalue weighted by molar-refractivity contribution is -0.129. The Kier molecular flexibility index (Phi) is 7.91. The van der Waals surface area contributed by atoms with Crippen LogP contribution in [-0.4, -0.2) is 55.0 Å². The summed E-state index contributed by atoms with van der Waals surface area (Å²) in [4.78, 5) is 29.2. The Bertz CT molecular complexity index is 677. The minimum absolute atomic E-state index is 0.147. The molecule has 1 fully saturated rings. The van der Waals surface area contributed by atoms with E-state index in [0.29, 0.717) is 25.3 Å². The number of aliphatic imine (C=N–C) groups is 1. The molecule has 4 N–H and O–H groups in total. The summed E-state index contributed by atoms with van der Waals surface area (Å²) in [5, 5.41) is 6.64. The summed E-state index contributed by atoms with van der Waals surface area (Å²) in [5.74, 6) is 0.985. The van der Waals surface area contributed by atoms with Gasteiger partial charge in [-0.3, -0.25) is 9.59 Å². The van der Waals surface area contributed by atoms with Crippen LogP contribution in [0.3, 0.4) is 0 Å². The quantitative estimate of drug-likeness (QED) is 0.456. The van der Waals surface area contributed by atoms with E-state index in [1.807, 2.05) is 36.9 Å². The Balaban J connectivity index is 1.94. The van der Waals surface area contributed by atoms with E-state index in [-0.39, 0.29) is 18.6 Å². The summed E-state index contributed by atoms with van der Waals surface area (Å²) < 4.78 is 5.32. The molecule has 0 aromatic heterocycles. The molecule has 2 rings (SSSR count). The van der Waals surface area contributed by atoms with Gasteiger partial charge in [0, 0.05) is 32.1 Å². The summed E-state index contributed by atoms with van der Waals surface area (Å²) in [6, 6.07) is 7.61. The van der Waals surface area contributed by atoms with Gasteiger partial charge in [0.1, 0.15) is 5.75 Å². The molecule has 1 unspecified atom stereocenters. The standard InChI is InChI=1S/C19H29N5O3/c1-3-18(26)24-9-8-15(12-24)23-19(21-4-2)22-11-14-6-5-7-16(10-14)27-13-17(20)25/h5-7,10,15H,3-4,8-9,11-13H2,1-2H3,(H2,20,25)(H2,21,22,23). The molecule has 1 aliphatic heterocycles. The van der Waals surface area contributed by atoms with Crippen LogP contribution in [0.2, 0.25) is 0 Å². The number of carbonyl (C=O) groups is 2. The van der Waals surface area contributed by atoms with Gasteiger partial charge in [0.2, 0.25) is 5.91 Å². The predicted molar refractivity (Wildman–Crippen MR) is 104 cm³/mol. The van der Waals surface area contributed by atoms with Crippen molar-refractivity contribution < 1.29 is 14.3 Å². The van der Waals surface area contributed by atoms with Gasteiger partial charge in [0.15, 0.2) is 12.6 Å². The number of nitrogens with zero attached hydrogens (tertiary/aromatic N) is 2. The van der Waals surface area contributed by atoms with E-state index in [1.54, 1.807) is 6.07 Å². The fourth-order valence-electron chi connectivity index (χ4n) is 2.90. The van der Waals surface area contributed by atoms with E-state index < -0.39 is 5.91 Å². The number of primary amides is 1. The van der Waals surface area contributed by atoms with Gasteiger partial charge < -0.3 is 26.0 Å². The lowest BCUT2D eigenvalue weighted by Gasteiger charge is -2.18. The van der Waals surface area contributed by atoms with E-state index in [0.717, 1.165) is 31.0 Å². The van der Waals surface area contributed by atoms with Crippen LogP contribution < -0.4 is 21.1 Å². The maximum atomic E-state index is 11.8. The number of hydrogen-bond donors (Lipinski definition) is 3. The third kappa shape index (κ3) is 6.80. The van der Waals surface area contributed by atoms with Crippen molar-refractivity contribution in [2.45, 2.75) is 39.3 Å². The van der Waals surface area contributed by atoms with E-state index in [9.17, 15) is 9.59 Å². The Morgan fingerprint density at radius 3 is 2.89 bits per heavy atom. The van der Waals surface area contributed by atoms with Gasteiger partial charge in [-0.05, 0) is 31.0 Å². The van der Waals surface area contributed by atoms with Gasteiger partial charge >= 0.3 is 0 Å². The van der Waals surface area contributed by atoms with Gasteiger partial charge in [-0.15, -0.1) is 0 Å². The highest BCUT2D eigenvalue weighted by Crippen LogP contribution is 2.14. The average Bonchev–Trinajstić information content (AvgIpc) is 3.13. The molecule has 1 atom stereocenters. The molecule has 2 amide bonds. The molecular weight excluding hydrogens is 346 g/mol. The molecule has 0 spiro atoms. The molecule has 1 saturated heterocycles. The predicted octanol–water partition coefficient (Wildman–Crippen LogP) is 0.617. The van der Waals surface area contributed by atoms with Crippen LogP contribution >= 0.6 is 0 Å². The van der Waals surface area contributed by atoms with E-state index >= 15 is 0 Å². The molecule has 1 heterocycles. The number of ether oxygens (including phenoxy) is 1. The number of likely N-dealkylation sites (tertiary alicyclic amines) is 1. The van der Waals surface area contributed by atoms with Gasteiger partial charge in [-0.1, -0.05) is 19.1 Å². The van der Waals surface area contributed by atoms with Crippen molar-refractivity contribution in [3.63, 3.8) is 0 Å². The maximum Gasteiger partial charge on any atom is 0.255 e. The SMILES string of the molecule is CCNC(=NCc1cccc(OCC(N)=O)c1)NC1CCN(C(=O)CC)C1. The monoisotopic (exact) mass is 375 g/mol. The zero-order valence-corrected chi connectivity index (χ0v) is 16.0. The normalized spacial score (nSPS) is 16.9. The molecule has 0 radical (unpaired) electrons.